The summed E-state index contributed by atoms with van der Waals surface area (Å²) in [6.07, 6.45) is 27.6. The number of pyridine rings is 1. The molecule has 1 aromatic heterocycles. The van der Waals surface area contributed by atoms with E-state index < -0.39 is 23.2 Å². The molecule has 10 heteroatoms. The van der Waals surface area contributed by atoms with Gasteiger partial charge in [0.05, 0.1) is 17.8 Å². The molecule has 1 aromatic carbocycles. The summed E-state index contributed by atoms with van der Waals surface area (Å²) >= 11 is 0. The second-order valence-electron chi connectivity index (χ2n) is 31.7. The van der Waals surface area contributed by atoms with Crippen molar-refractivity contribution in [3.8, 4) is 0 Å². The van der Waals surface area contributed by atoms with Crippen molar-refractivity contribution in [2.24, 2.45) is 109 Å². The monoisotopic (exact) mass is 1170 g/mol. The van der Waals surface area contributed by atoms with Crippen molar-refractivity contribution in [2.45, 2.75) is 205 Å². The van der Waals surface area contributed by atoms with Gasteiger partial charge in [0.25, 0.3) is 0 Å². The topological polar surface area (TPSA) is 167 Å². The van der Waals surface area contributed by atoms with E-state index in [0.29, 0.717) is 120 Å². The molecule has 2 aromatic rings. The van der Waals surface area contributed by atoms with Crippen LogP contribution in [0.3, 0.4) is 0 Å². The zero-order chi connectivity index (χ0) is 60.6. The Kier molecular flexibility index (Phi) is 16.1. The number of carbonyl (C=O) groups is 9. The first-order valence-electron chi connectivity index (χ1n) is 33.0. The van der Waals surface area contributed by atoms with Crippen LogP contribution in [0.15, 0.2) is 89.8 Å². The Morgan fingerprint density at radius 2 is 0.744 bits per heavy atom. The Morgan fingerprint density at radius 3 is 1.09 bits per heavy atom. The Bertz CT molecular complexity index is 3100. The normalized spacial score (nSPS) is 41.7. The lowest BCUT2D eigenvalue weighted by Gasteiger charge is -2.57. The number of carbonyl (C=O) groups excluding carboxylic acids is 9. The highest BCUT2D eigenvalue weighted by molar-refractivity contribution is 6.13. The van der Waals surface area contributed by atoms with E-state index in [1.54, 1.807) is 24.5 Å². The van der Waals surface area contributed by atoms with Crippen LogP contribution in [0.5, 0.6) is 0 Å². The summed E-state index contributed by atoms with van der Waals surface area (Å²) in [6, 6.07) is 12.7. The number of Topliss-reactive ketones (excluding diaryl/α,β-unsaturated/α-hetero) is 9. The minimum atomic E-state index is -0.558. The van der Waals surface area contributed by atoms with E-state index in [0.717, 1.165) is 96.3 Å². The van der Waals surface area contributed by atoms with Crippen LogP contribution in [0, 0.1) is 109 Å². The number of fused-ring (bicyclic) bond motifs is 15. The van der Waals surface area contributed by atoms with Gasteiger partial charge in [0.1, 0.15) is 40.5 Å². The molecule has 10 nitrogen and oxygen atoms in total. The minimum Gasteiger partial charge on any atom is -0.299 e. The summed E-state index contributed by atoms with van der Waals surface area (Å²) in [7, 11) is 0. The van der Waals surface area contributed by atoms with Crippen molar-refractivity contribution in [2.75, 3.05) is 0 Å². The van der Waals surface area contributed by atoms with Gasteiger partial charge in [-0.2, -0.15) is 0 Å². The smallest absolute Gasteiger partial charge is 0.173 e. The summed E-state index contributed by atoms with van der Waals surface area (Å²) < 4.78 is 0. The lowest BCUT2D eigenvalue weighted by molar-refractivity contribution is -0.143. The zero-order valence-electron chi connectivity index (χ0n) is 52.3. The molecule has 14 rings (SSSR count). The van der Waals surface area contributed by atoms with Crippen LogP contribution in [0.1, 0.15) is 225 Å². The van der Waals surface area contributed by atoms with E-state index in [-0.39, 0.29) is 74.6 Å². The zero-order valence-corrected chi connectivity index (χ0v) is 52.3. The molecule has 0 saturated heterocycles. The van der Waals surface area contributed by atoms with E-state index in [1.807, 2.05) is 51.1 Å². The van der Waals surface area contributed by atoms with Crippen LogP contribution in [0.25, 0.3) is 0 Å². The summed E-state index contributed by atoms with van der Waals surface area (Å²) in [6.45, 7) is 19.2. The van der Waals surface area contributed by atoms with E-state index in [1.165, 1.54) is 16.7 Å². The third-order valence-corrected chi connectivity index (χ3v) is 26.9. The van der Waals surface area contributed by atoms with Gasteiger partial charge in [0.2, 0.25) is 0 Å². The number of rotatable bonds is 5. The van der Waals surface area contributed by atoms with Crippen molar-refractivity contribution in [1.82, 2.24) is 4.98 Å². The molecule has 0 N–H and O–H groups in total. The fraction of sp³-hybridized carbons (Fsp3) is 0.658. The van der Waals surface area contributed by atoms with Crippen molar-refractivity contribution in [3.05, 3.63) is 101 Å². The molecule has 9 saturated carbocycles. The lowest BCUT2D eigenvalue weighted by atomic mass is 9.47. The summed E-state index contributed by atoms with van der Waals surface area (Å²) in [5.41, 5.74) is 3.83. The molecule has 18 atom stereocenters. The first-order valence-corrected chi connectivity index (χ1v) is 33.0. The fourth-order valence-electron chi connectivity index (χ4n) is 21.8. The molecule has 0 aliphatic heterocycles. The van der Waals surface area contributed by atoms with Crippen LogP contribution < -0.4 is 0 Å². The van der Waals surface area contributed by atoms with Crippen molar-refractivity contribution in [3.63, 3.8) is 0 Å². The second-order valence-corrected chi connectivity index (χ2v) is 31.7. The number of benzene rings is 1. The van der Waals surface area contributed by atoms with Crippen LogP contribution >= 0.6 is 0 Å². The Hall–Kier alpha value is -5.38. The first kappa shape index (κ1) is 62.2. The van der Waals surface area contributed by atoms with Gasteiger partial charge >= 0.3 is 0 Å². The van der Waals surface area contributed by atoms with Gasteiger partial charge in [-0.15, -0.1) is 0 Å². The van der Waals surface area contributed by atoms with Gasteiger partial charge in [-0.1, -0.05) is 135 Å². The van der Waals surface area contributed by atoms with Gasteiger partial charge in [-0.3, -0.25) is 48.1 Å². The van der Waals surface area contributed by atoms with Gasteiger partial charge < -0.3 is 0 Å². The Morgan fingerprint density at radius 1 is 0.430 bits per heavy atom. The molecule has 12 aliphatic carbocycles. The van der Waals surface area contributed by atoms with Gasteiger partial charge in [-0.25, -0.2) is 0 Å². The summed E-state index contributed by atoms with van der Waals surface area (Å²) in [5.74, 6) is 4.49. The molecular weight excluding hydrogens is 1070 g/mol. The number of ketones is 9. The highest BCUT2D eigenvalue weighted by atomic mass is 16.2. The highest BCUT2D eigenvalue weighted by Gasteiger charge is 2.64. The van der Waals surface area contributed by atoms with E-state index in [4.69, 9.17) is 0 Å². The van der Waals surface area contributed by atoms with Crippen molar-refractivity contribution >= 4 is 52.0 Å². The maximum atomic E-state index is 13.2. The molecule has 0 amide bonds. The fourth-order valence-corrected chi connectivity index (χ4v) is 21.8. The number of allylic oxidation sites excluding steroid dienone is 6. The predicted octanol–water partition coefficient (Wildman–Crippen LogP) is 15.4. The Balaban J connectivity index is 0.000000133. The molecule has 460 valence electrons. The number of hydrogen-bond acceptors (Lipinski definition) is 10. The number of hydrogen-bond donors (Lipinski definition) is 0. The minimum absolute atomic E-state index is 0. The largest absolute Gasteiger partial charge is 0.299 e. The molecular formula is C76H97NO9. The quantitative estimate of drug-likeness (QED) is 0.160. The predicted molar refractivity (Wildman–Crippen MR) is 332 cm³/mol. The van der Waals surface area contributed by atoms with Crippen LogP contribution in [-0.2, 0) is 33.6 Å². The third-order valence-electron chi connectivity index (χ3n) is 26.9. The van der Waals surface area contributed by atoms with Gasteiger partial charge in [-0.05, 0) is 178 Å². The van der Waals surface area contributed by atoms with Crippen molar-refractivity contribution < 1.29 is 43.2 Å². The van der Waals surface area contributed by atoms with E-state index >= 15 is 0 Å². The second kappa shape index (κ2) is 22.3. The standard InChI is InChI=1S/C26H30O3.C25H29NO3.C24H34O3.CH4/c1-25-13-12-21-18(20(25)10-11-23(25)28)9-8-17-14-22(27)19(15-26(17,21)2)24(29)16-6-4-3-5-7-16;1-24-10-7-20-17(19(24)5-6-22(24)28)4-3-16-13-21(27)18(14-25(16,20)2)23(29)15-8-11-26-12-9-15;1-22(2,3)21(27)16-13-24(5)14(12-19(16)25)6-7-15-17-8-9-20(26)23(17,4)11-10-18(15)24;/h3-8,18-21H,9-15H2,1-2H3;3,8-9,11-12,17-20H,4-7,10,13-14H2,1-2H3;6,15-18H,7-13H2,1-5H3;1H4. The van der Waals surface area contributed by atoms with Crippen LogP contribution in [0.4, 0.5) is 0 Å². The maximum absolute atomic E-state index is 13.2. The molecule has 9 fully saturated rings. The maximum Gasteiger partial charge on any atom is 0.173 e. The Labute approximate surface area is 512 Å². The van der Waals surface area contributed by atoms with E-state index in [2.05, 4.69) is 64.8 Å². The number of aromatic nitrogens is 1. The summed E-state index contributed by atoms with van der Waals surface area (Å²) in [4.78, 5) is 120. The SMILES string of the molecule is C.CC(C)(C)C(=O)C1CC2(C)C(=CCC3C4CCC(=O)C4(C)CCC32)CC1=O.CC12CCC3C(CC=C4CC(=O)C(C(=O)c5ccccc5)CC43C)C1CCC2=O.CC12CCC3C(CC=C4CC(=O)C(C(=O)c5ccncc5)CC43C)C1CCC2=O. The third kappa shape index (κ3) is 9.82. The van der Waals surface area contributed by atoms with Gasteiger partial charge in [0.15, 0.2) is 11.6 Å². The van der Waals surface area contributed by atoms with E-state index in [9.17, 15) is 43.2 Å². The lowest BCUT2D eigenvalue weighted by Crippen LogP contribution is -2.52. The summed E-state index contributed by atoms with van der Waals surface area (Å²) in [5, 5.41) is 0. The number of nitrogens with zero attached hydrogens (tertiary/aromatic N) is 1. The molecule has 1 heterocycles. The van der Waals surface area contributed by atoms with Crippen LogP contribution in [0.2, 0.25) is 0 Å². The average molecular weight is 1170 g/mol. The van der Waals surface area contributed by atoms with Crippen LogP contribution in [-0.4, -0.2) is 57.0 Å². The first-order chi connectivity index (χ1) is 40.2. The molecule has 18 unspecified atom stereocenters. The van der Waals surface area contributed by atoms with Gasteiger partial charge in [0, 0.05) is 83.7 Å². The molecule has 86 heavy (non-hydrogen) atoms. The molecule has 0 spiro atoms. The highest BCUT2D eigenvalue weighted by Crippen LogP contribution is 2.68. The molecule has 0 radical (unpaired) electrons. The van der Waals surface area contributed by atoms with Crippen molar-refractivity contribution in [1.29, 1.82) is 0 Å². The molecule has 0 bridgehead atoms. The average Bonchev–Trinajstić information content (AvgIpc) is 1.20. The molecule has 12 aliphatic rings.